The lowest BCUT2D eigenvalue weighted by atomic mass is 9.92. The summed E-state index contributed by atoms with van der Waals surface area (Å²) in [6.45, 7) is 6.18. The van der Waals surface area contributed by atoms with Crippen molar-refractivity contribution in [3.8, 4) is 5.75 Å². The summed E-state index contributed by atoms with van der Waals surface area (Å²) in [6.07, 6.45) is 5.49. The van der Waals surface area contributed by atoms with E-state index in [-0.39, 0.29) is 11.0 Å². The molecule has 27 heavy (non-hydrogen) atoms. The summed E-state index contributed by atoms with van der Waals surface area (Å²) >= 11 is 0. The number of hydrogen-bond acceptors (Lipinski definition) is 4. The van der Waals surface area contributed by atoms with E-state index in [4.69, 9.17) is 4.74 Å². The predicted octanol–water partition coefficient (Wildman–Crippen LogP) is 3.37. The Morgan fingerprint density at radius 1 is 0.963 bits per heavy atom. The standard InChI is InChI=1S/C21H22N2O4/c1-21(2,3)11-10-13-12-15(14-8-6-7-9-16(14)27-13)17-18(24)22(4)20(26)23(5)19(17)25/h6-12H,1-5H3/b11-10+. The van der Waals surface area contributed by atoms with Gasteiger partial charge in [0.1, 0.15) is 17.1 Å². The molecule has 1 aromatic rings. The molecule has 1 saturated heterocycles. The first-order valence-electron chi connectivity index (χ1n) is 8.62. The zero-order chi connectivity index (χ0) is 19.9. The van der Waals surface area contributed by atoms with Crippen LogP contribution in [0.15, 0.2) is 53.8 Å². The van der Waals surface area contributed by atoms with E-state index in [0.29, 0.717) is 22.6 Å². The highest BCUT2D eigenvalue weighted by Crippen LogP contribution is 2.37. The van der Waals surface area contributed by atoms with Crippen molar-refractivity contribution in [1.82, 2.24) is 9.80 Å². The van der Waals surface area contributed by atoms with E-state index in [1.807, 2.05) is 24.3 Å². The summed E-state index contributed by atoms with van der Waals surface area (Å²) < 4.78 is 5.92. The van der Waals surface area contributed by atoms with Crippen LogP contribution < -0.4 is 4.74 Å². The van der Waals surface area contributed by atoms with Crippen LogP contribution in [0.3, 0.4) is 0 Å². The Morgan fingerprint density at radius 3 is 2.15 bits per heavy atom. The van der Waals surface area contributed by atoms with Crippen molar-refractivity contribution in [3.63, 3.8) is 0 Å². The summed E-state index contributed by atoms with van der Waals surface area (Å²) in [4.78, 5) is 39.4. The topological polar surface area (TPSA) is 66.9 Å². The number of benzene rings is 1. The first kappa shape index (κ1) is 18.6. The van der Waals surface area contributed by atoms with Gasteiger partial charge in [-0.2, -0.15) is 0 Å². The highest BCUT2D eigenvalue weighted by Gasteiger charge is 2.40. The van der Waals surface area contributed by atoms with Crippen molar-refractivity contribution in [2.75, 3.05) is 14.1 Å². The predicted molar refractivity (Wildman–Crippen MR) is 102 cm³/mol. The van der Waals surface area contributed by atoms with Crippen LogP contribution in [0.5, 0.6) is 5.75 Å². The lowest BCUT2D eigenvalue weighted by molar-refractivity contribution is -0.134. The second kappa shape index (κ2) is 6.54. The fourth-order valence-corrected chi connectivity index (χ4v) is 2.83. The zero-order valence-electron chi connectivity index (χ0n) is 16.1. The van der Waals surface area contributed by atoms with Gasteiger partial charge in [0.25, 0.3) is 11.8 Å². The van der Waals surface area contributed by atoms with Crippen molar-refractivity contribution in [1.29, 1.82) is 0 Å². The number of imide groups is 2. The Morgan fingerprint density at radius 2 is 1.56 bits per heavy atom. The number of para-hydroxylation sites is 1. The second-order valence-electron chi connectivity index (χ2n) is 7.64. The fraction of sp³-hybridized carbons (Fsp3) is 0.286. The van der Waals surface area contributed by atoms with Crippen molar-refractivity contribution in [2.24, 2.45) is 5.41 Å². The average molecular weight is 366 g/mol. The number of urea groups is 1. The number of ether oxygens (including phenoxy) is 1. The highest BCUT2D eigenvalue weighted by atomic mass is 16.5. The van der Waals surface area contributed by atoms with Crippen LogP contribution >= 0.6 is 0 Å². The molecule has 1 fully saturated rings. The van der Waals surface area contributed by atoms with Gasteiger partial charge >= 0.3 is 6.03 Å². The summed E-state index contributed by atoms with van der Waals surface area (Å²) in [5.41, 5.74) is 0.986. The number of hydrogen-bond donors (Lipinski definition) is 0. The van der Waals surface area contributed by atoms with Crippen LogP contribution in [-0.4, -0.2) is 41.7 Å². The zero-order valence-corrected chi connectivity index (χ0v) is 16.1. The van der Waals surface area contributed by atoms with E-state index in [9.17, 15) is 14.4 Å². The van der Waals surface area contributed by atoms with Crippen molar-refractivity contribution in [2.45, 2.75) is 20.8 Å². The average Bonchev–Trinajstić information content (AvgIpc) is 2.62. The molecule has 4 amide bonds. The SMILES string of the molecule is CN1C(=O)C(=C2C=C(/C=C/C(C)(C)C)Oc3ccccc32)C(=O)N(C)C1=O. The van der Waals surface area contributed by atoms with Gasteiger partial charge in [-0.1, -0.05) is 45.0 Å². The van der Waals surface area contributed by atoms with E-state index in [0.717, 1.165) is 9.80 Å². The van der Waals surface area contributed by atoms with Gasteiger partial charge in [-0.3, -0.25) is 19.4 Å². The number of nitrogens with zero attached hydrogens (tertiary/aromatic N) is 2. The number of carbonyl (C=O) groups is 3. The quantitative estimate of drug-likeness (QED) is 0.565. The van der Waals surface area contributed by atoms with E-state index < -0.39 is 17.8 Å². The third-order valence-electron chi connectivity index (χ3n) is 4.32. The van der Waals surface area contributed by atoms with Gasteiger partial charge in [0.2, 0.25) is 0 Å². The number of fused-ring (bicyclic) bond motifs is 1. The Balaban J connectivity index is 2.21. The lowest BCUT2D eigenvalue weighted by Crippen LogP contribution is -2.53. The minimum absolute atomic E-state index is 0.0444. The number of amides is 4. The van der Waals surface area contributed by atoms with E-state index in [2.05, 4.69) is 20.8 Å². The third kappa shape index (κ3) is 3.43. The highest BCUT2D eigenvalue weighted by molar-refractivity contribution is 6.32. The Bertz CT molecular complexity index is 906. The minimum atomic E-state index is -0.647. The Labute approximate surface area is 158 Å². The number of likely N-dealkylation sites (N-methyl/N-ethyl adjacent to an activating group) is 2. The van der Waals surface area contributed by atoms with Gasteiger partial charge in [0.15, 0.2) is 0 Å². The second-order valence-corrected chi connectivity index (χ2v) is 7.64. The van der Waals surface area contributed by atoms with Crippen molar-refractivity contribution < 1.29 is 19.1 Å². The molecule has 2 aliphatic heterocycles. The fourth-order valence-electron chi connectivity index (χ4n) is 2.83. The normalized spacial score (nSPS) is 18.1. The minimum Gasteiger partial charge on any atom is -0.457 e. The first-order chi connectivity index (χ1) is 12.6. The molecule has 0 unspecified atom stereocenters. The maximum atomic E-state index is 12.7. The Hall–Kier alpha value is -3.15. The van der Waals surface area contributed by atoms with E-state index >= 15 is 0 Å². The number of allylic oxidation sites excluding steroid dienone is 4. The van der Waals surface area contributed by atoms with Gasteiger partial charge < -0.3 is 4.74 Å². The number of carbonyl (C=O) groups excluding carboxylic acids is 3. The van der Waals surface area contributed by atoms with Gasteiger partial charge in [0, 0.05) is 25.2 Å². The number of barbiturate groups is 1. The monoisotopic (exact) mass is 366 g/mol. The summed E-state index contributed by atoms with van der Waals surface area (Å²) in [7, 11) is 2.73. The number of rotatable bonds is 1. The molecule has 2 heterocycles. The van der Waals surface area contributed by atoms with Gasteiger partial charge in [-0.05, 0) is 23.6 Å². The molecule has 6 nitrogen and oxygen atoms in total. The molecule has 0 aromatic heterocycles. The molecule has 3 rings (SSSR count). The summed E-state index contributed by atoms with van der Waals surface area (Å²) in [6, 6.07) is 6.55. The van der Waals surface area contributed by atoms with Gasteiger partial charge in [0.05, 0.1) is 0 Å². The molecule has 140 valence electrons. The molecule has 0 saturated carbocycles. The largest absolute Gasteiger partial charge is 0.457 e. The van der Waals surface area contributed by atoms with Crippen LogP contribution in [-0.2, 0) is 9.59 Å². The molecular formula is C21H22N2O4. The third-order valence-corrected chi connectivity index (χ3v) is 4.32. The molecule has 0 spiro atoms. The van der Waals surface area contributed by atoms with Crippen LogP contribution in [0.2, 0.25) is 0 Å². The van der Waals surface area contributed by atoms with Gasteiger partial charge in [-0.25, -0.2) is 4.79 Å². The maximum Gasteiger partial charge on any atom is 0.333 e. The molecule has 0 N–H and O–H groups in total. The van der Waals surface area contributed by atoms with Crippen LogP contribution in [0.4, 0.5) is 4.79 Å². The van der Waals surface area contributed by atoms with Crippen molar-refractivity contribution >= 4 is 23.4 Å². The van der Waals surface area contributed by atoms with Crippen LogP contribution in [0, 0.1) is 5.41 Å². The van der Waals surface area contributed by atoms with E-state index in [1.54, 1.807) is 18.2 Å². The summed E-state index contributed by atoms with van der Waals surface area (Å²) in [5.74, 6) is -0.164. The van der Waals surface area contributed by atoms with Crippen LogP contribution in [0.25, 0.3) is 5.57 Å². The molecule has 0 aliphatic carbocycles. The van der Waals surface area contributed by atoms with Gasteiger partial charge in [-0.15, -0.1) is 0 Å². The van der Waals surface area contributed by atoms with Crippen LogP contribution in [0.1, 0.15) is 26.3 Å². The molecule has 0 bridgehead atoms. The maximum absolute atomic E-state index is 12.7. The summed E-state index contributed by atoms with van der Waals surface area (Å²) in [5, 5.41) is 0. The molecular weight excluding hydrogens is 344 g/mol. The smallest absolute Gasteiger partial charge is 0.333 e. The lowest BCUT2D eigenvalue weighted by Gasteiger charge is -2.31. The molecule has 6 heteroatoms. The van der Waals surface area contributed by atoms with E-state index in [1.165, 1.54) is 14.1 Å². The first-order valence-corrected chi connectivity index (χ1v) is 8.62. The van der Waals surface area contributed by atoms with Crippen molar-refractivity contribution in [3.05, 3.63) is 59.4 Å². The molecule has 0 radical (unpaired) electrons. The molecule has 2 aliphatic rings. The molecule has 0 atom stereocenters. The molecule has 1 aromatic carbocycles. The Kier molecular flexibility index (Phi) is 4.51.